The first kappa shape index (κ1) is 40.1. The Bertz CT molecular complexity index is 3850. The predicted octanol–water partition coefficient (Wildman–Crippen LogP) is 18.0. The van der Waals surface area contributed by atoms with Crippen LogP contribution in [0.25, 0.3) is 99.5 Å². The highest BCUT2D eigenvalue weighted by molar-refractivity contribution is 6.11. The molecule has 11 aromatic carbocycles. The summed E-state index contributed by atoms with van der Waals surface area (Å²) in [6.45, 7) is 0. The van der Waals surface area contributed by atoms with Gasteiger partial charge in [0.2, 0.25) is 0 Å². The lowest BCUT2D eigenvalue weighted by molar-refractivity contribution is 1.17. The Hall–Kier alpha value is -9.18. The van der Waals surface area contributed by atoms with Gasteiger partial charge in [0, 0.05) is 50.0 Å². The Balaban J connectivity index is 0.911. The van der Waals surface area contributed by atoms with E-state index < -0.39 is 0 Å². The summed E-state index contributed by atoms with van der Waals surface area (Å²) in [5.74, 6) is 0. The van der Waals surface area contributed by atoms with Crippen LogP contribution in [0.2, 0.25) is 0 Å². The van der Waals surface area contributed by atoms with Crippen molar-refractivity contribution in [1.82, 2.24) is 9.13 Å². The van der Waals surface area contributed by atoms with Crippen LogP contribution < -0.4 is 4.90 Å². The van der Waals surface area contributed by atoms with Crippen LogP contribution in [0.4, 0.5) is 17.1 Å². The van der Waals surface area contributed by atoms with E-state index in [1.54, 1.807) is 0 Å². The lowest BCUT2D eigenvalue weighted by Crippen LogP contribution is -2.10. The van der Waals surface area contributed by atoms with Gasteiger partial charge in [-0.05, 0) is 148 Å². The van der Waals surface area contributed by atoms with Gasteiger partial charge < -0.3 is 14.0 Å². The molecule has 0 aliphatic carbocycles. The average molecular weight is 880 g/mol. The maximum absolute atomic E-state index is 2.39. The SMILES string of the molecule is c1ccc(-c2cc(-c3ccccc3)cc(-c3ccc(N(c4ccc(-c5ccc6c7ccccc7n(-c7ccccc7)c6c5)cc4)c4ccc(-n5c6ccccc6c6ccccc65)cc4)cc3)c2)cc1. The Labute approximate surface area is 401 Å². The molecule has 0 aliphatic rings. The van der Waals surface area contributed by atoms with Crippen LogP contribution >= 0.6 is 0 Å². The molecule has 69 heavy (non-hydrogen) atoms. The minimum Gasteiger partial charge on any atom is -0.311 e. The van der Waals surface area contributed by atoms with Crippen molar-refractivity contribution in [2.24, 2.45) is 0 Å². The van der Waals surface area contributed by atoms with Crippen molar-refractivity contribution in [2.75, 3.05) is 4.90 Å². The van der Waals surface area contributed by atoms with Gasteiger partial charge in [-0.15, -0.1) is 0 Å². The quantitative estimate of drug-likeness (QED) is 0.141. The second-order valence-electron chi connectivity index (χ2n) is 17.8. The van der Waals surface area contributed by atoms with Gasteiger partial charge in [-0.25, -0.2) is 0 Å². The van der Waals surface area contributed by atoms with Gasteiger partial charge in [0.15, 0.2) is 0 Å². The smallest absolute Gasteiger partial charge is 0.0547 e. The largest absolute Gasteiger partial charge is 0.311 e. The zero-order valence-corrected chi connectivity index (χ0v) is 37.8. The Kier molecular flexibility index (Phi) is 9.84. The summed E-state index contributed by atoms with van der Waals surface area (Å²) < 4.78 is 4.76. The normalized spacial score (nSPS) is 11.5. The molecular formula is C66H45N3. The first-order chi connectivity index (χ1) is 34.2. The number of hydrogen-bond donors (Lipinski definition) is 0. The van der Waals surface area contributed by atoms with Gasteiger partial charge in [0.1, 0.15) is 0 Å². The first-order valence-electron chi connectivity index (χ1n) is 23.7. The number of hydrogen-bond acceptors (Lipinski definition) is 1. The van der Waals surface area contributed by atoms with Crippen molar-refractivity contribution in [2.45, 2.75) is 0 Å². The van der Waals surface area contributed by atoms with E-state index in [1.165, 1.54) is 77.0 Å². The minimum atomic E-state index is 1.08. The summed E-state index contributed by atoms with van der Waals surface area (Å²) in [6.07, 6.45) is 0. The summed E-state index contributed by atoms with van der Waals surface area (Å²) in [5, 5.41) is 5.01. The third kappa shape index (κ3) is 7.16. The van der Waals surface area contributed by atoms with Gasteiger partial charge in [0.25, 0.3) is 0 Å². The molecule has 2 aromatic heterocycles. The second kappa shape index (κ2) is 16.9. The van der Waals surface area contributed by atoms with Gasteiger partial charge >= 0.3 is 0 Å². The van der Waals surface area contributed by atoms with E-state index in [4.69, 9.17) is 0 Å². The highest BCUT2D eigenvalue weighted by Gasteiger charge is 2.18. The summed E-state index contributed by atoms with van der Waals surface area (Å²) in [7, 11) is 0. The number of anilines is 3. The molecule has 3 nitrogen and oxygen atoms in total. The Morgan fingerprint density at radius 3 is 0.986 bits per heavy atom. The van der Waals surface area contributed by atoms with Crippen molar-refractivity contribution in [1.29, 1.82) is 0 Å². The lowest BCUT2D eigenvalue weighted by atomic mass is 9.93. The topological polar surface area (TPSA) is 13.1 Å². The second-order valence-corrected chi connectivity index (χ2v) is 17.8. The van der Waals surface area contributed by atoms with E-state index in [0.717, 1.165) is 39.6 Å². The number of rotatable bonds is 9. The monoisotopic (exact) mass is 879 g/mol. The number of fused-ring (bicyclic) bond motifs is 6. The third-order valence-corrected chi connectivity index (χ3v) is 13.7. The summed E-state index contributed by atoms with van der Waals surface area (Å²) >= 11 is 0. The number of para-hydroxylation sites is 4. The molecule has 0 fully saturated rings. The van der Waals surface area contributed by atoms with E-state index in [1.807, 2.05) is 0 Å². The van der Waals surface area contributed by atoms with Crippen molar-refractivity contribution in [3.63, 3.8) is 0 Å². The van der Waals surface area contributed by atoms with E-state index in [0.29, 0.717) is 0 Å². The summed E-state index contributed by atoms with van der Waals surface area (Å²) in [4.78, 5) is 2.37. The lowest BCUT2D eigenvalue weighted by Gasteiger charge is -2.26. The van der Waals surface area contributed by atoms with Crippen LogP contribution in [0.1, 0.15) is 0 Å². The predicted molar refractivity (Wildman–Crippen MR) is 292 cm³/mol. The third-order valence-electron chi connectivity index (χ3n) is 13.7. The fraction of sp³-hybridized carbons (Fsp3) is 0. The first-order valence-corrected chi connectivity index (χ1v) is 23.7. The zero-order valence-electron chi connectivity index (χ0n) is 37.8. The van der Waals surface area contributed by atoms with Gasteiger partial charge in [-0.1, -0.05) is 170 Å². The molecule has 2 heterocycles. The van der Waals surface area contributed by atoms with Gasteiger partial charge in [-0.2, -0.15) is 0 Å². The van der Waals surface area contributed by atoms with Crippen LogP contribution in [0.5, 0.6) is 0 Å². The van der Waals surface area contributed by atoms with Crippen molar-refractivity contribution in [3.05, 3.63) is 273 Å². The Morgan fingerprint density at radius 2 is 0.522 bits per heavy atom. The molecule has 0 spiro atoms. The molecule has 13 aromatic rings. The number of aromatic nitrogens is 2. The maximum Gasteiger partial charge on any atom is 0.0547 e. The summed E-state index contributed by atoms with van der Waals surface area (Å²) in [6, 6.07) is 99.1. The highest BCUT2D eigenvalue weighted by atomic mass is 15.1. The molecule has 0 radical (unpaired) electrons. The van der Waals surface area contributed by atoms with Crippen molar-refractivity contribution >= 4 is 60.7 Å². The van der Waals surface area contributed by atoms with Crippen LogP contribution in [0.3, 0.4) is 0 Å². The highest BCUT2D eigenvalue weighted by Crippen LogP contribution is 2.41. The number of nitrogens with zero attached hydrogens (tertiary/aromatic N) is 3. The molecular weight excluding hydrogens is 835 g/mol. The van der Waals surface area contributed by atoms with Crippen molar-refractivity contribution in [3.8, 4) is 55.9 Å². The van der Waals surface area contributed by atoms with Crippen LogP contribution in [0.15, 0.2) is 273 Å². The average Bonchev–Trinajstić information content (AvgIpc) is 3.95. The molecule has 0 unspecified atom stereocenters. The van der Waals surface area contributed by atoms with E-state index in [-0.39, 0.29) is 0 Å². The molecule has 0 aliphatic heterocycles. The zero-order chi connectivity index (χ0) is 45.7. The molecule has 0 N–H and O–H groups in total. The molecule has 0 saturated carbocycles. The van der Waals surface area contributed by atoms with E-state index in [9.17, 15) is 0 Å². The van der Waals surface area contributed by atoms with Gasteiger partial charge in [-0.3, -0.25) is 0 Å². The molecule has 0 amide bonds. The van der Waals surface area contributed by atoms with Crippen molar-refractivity contribution < 1.29 is 0 Å². The molecule has 324 valence electrons. The fourth-order valence-electron chi connectivity index (χ4n) is 10.4. The molecule has 13 rings (SSSR count). The number of benzene rings is 11. The standard InChI is InChI=1S/C66H45N3/c1-4-16-46(17-5-1)51-42-52(47-18-6-2-7-19-47)44-53(43-51)49-30-35-56(36-31-49)67(57-37-39-58(40-38-57)68-63-25-13-10-22-59(63)60-23-11-14-26-64(60)68)55-33-28-48(29-34-55)50-32-41-62-61-24-12-15-27-65(61)69(66(62)45-50)54-20-8-3-9-21-54/h1-45H. The van der Waals surface area contributed by atoms with E-state index in [2.05, 4.69) is 287 Å². The Morgan fingerprint density at radius 1 is 0.203 bits per heavy atom. The maximum atomic E-state index is 2.39. The summed E-state index contributed by atoms with van der Waals surface area (Å²) in [5.41, 5.74) is 19.8. The van der Waals surface area contributed by atoms with E-state index >= 15 is 0 Å². The molecule has 0 bridgehead atoms. The van der Waals surface area contributed by atoms with Gasteiger partial charge in [0.05, 0.1) is 22.1 Å². The van der Waals surface area contributed by atoms with Crippen LogP contribution in [-0.4, -0.2) is 9.13 Å². The van der Waals surface area contributed by atoms with Crippen LogP contribution in [-0.2, 0) is 0 Å². The molecule has 0 saturated heterocycles. The fourth-order valence-corrected chi connectivity index (χ4v) is 10.4. The minimum absolute atomic E-state index is 1.08. The van der Waals surface area contributed by atoms with Crippen LogP contribution in [0, 0.1) is 0 Å². The molecule has 0 atom stereocenters. The molecule has 3 heteroatoms.